The summed E-state index contributed by atoms with van der Waals surface area (Å²) in [6, 6.07) is 27.7. The van der Waals surface area contributed by atoms with Crippen LogP contribution in [0.5, 0.6) is 0 Å². The molecule has 8 nitrogen and oxygen atoms in total. The average molecular weight is 648 g/mol. The lowest BCUT2D eigenvalue weighted by molar-refractivity contribution is 0.376. The van der Waals surface area contributed by atoms with E-state index in [-0.39, 0.29) is 14.7 Å². The first-order valence-electron chi connectivity index (χ1n) is 15.3. The summed E-state index contributed by atoms with van der Waals surface area (Å²) >= 11 is 1.18. The molecule has 232 valence electrons. The van der Waals surface area contributed by atoms with Gasteiger partial charge >= 0.3 is 0 Å². The maximum Gasteiger partial charge on any atom is 0.264 e. The van der Waals surface area contributed by atoms with Gasteiger partial charge in [-0.15, -0.1) is 11.3 Å². The van der Waals surface area contributed by atoms with E-state index in [9.17, 15) is 13.2 Å². The monoisotopic (exact) mass is 647 g/mol. The Morgan fingerprint density at radius 1 is 0.978 bits per heavy atom. The molecule has 4 heterocycles. The van der Waals surface area contributed by atoms with Crippen LogP contribution in [0.15, 0.2) is 116 Å². The molecule has 1 aliphatic heterocycles. The van der Waals surface area contributed by atoms with Crippen LogP contribution in [0.25, 0.3) is 27.8 Å². The highest BCUT2D eigenvalue weighted by molar-refractivity contribution is 7.93. The van der Waals surface area contributed by atoms with Gasteiger partial charge in [-0.3, -0.25) is 9.36 Å². The van der Waals surface area contributed by atoms with Crippen LogP contribution in [-0.4, -0.2) is 36.0 Å². The lowest BCUT2D eigenvalue weighted by Gasteiger charge is -2.22. The van der Waals surface area contributed by atoms with E-state index >= 15 is 0 Å². The highest BCUT2D eigenvalue weighted by Gasteiger charge is 2.22. The maximum absolute atomic E-state index is 14.2. The Kier molecular flexibility index (Phi) is 8.25. The number of piperidine rings is 1. The molecule has 0 spiro atoms. The molecule has 3 aromatic carbocycles. The van der Waals surface area contributed by atoms with Crippen molar-refractivity contribution in [1.82, 2.24) is 19.9 Å². The maximum atomic E-state index is 14.2. The zero-order chi connectivity index (χ0) is 31.7. The summed E-state index contributed by atoms with van der Waals surface area (Å²) < 4.78 is 28.2. The number of nitrogens with one attached hydrogen (secondary N) is 2. The molecule has 10 heteroatoms. The highest BCUT2D eigenvalue weighted by Crippen LogP contribution is 2.31. The fourth-order valence-electron chi connectivity index (χ4n) is 6.09. The Morgan fingerprint density at radius 3 is 2.52 bits per heavy atom. The molecule has 46 heavy (non-hydrogen) atoms. The van der Waals surface area contributed by atoms with Crippen molar-refractivity contribution in [2.75, 3.05) is 18.4 Å². The molecule has 6 aromatic rings. The number of rotatable bonds is 8. The van der Waals surface area contributed by atoms with Crippen molar-refractivity contribution in [2.45, 2.75) is 35.3 Å². The van der Waals surface area contributed by atoms with E-state index in [1.807, 2.05) is 49.4 Å². The number of hydrogen-bond donors (Lipinski definition) is 2. The van der Waals surface area contributed by atoms with Gasteiger partial charge in [0.25, 0.3) is 5.56 Å². The fourth-order valence-corrected chi connectivity index (χ4v) is 8.57. The van der Waals surface area contributed by atoms with Crippen molar-refractivity contribution >= 4 is 43.8 Å². The lowest BCUT2D eigenvalue weighted by atomic mass is 9.92. The van der Waals surface area contributed by atoms with E-state index in [0.29, 0.717) is 45.3 Å². The molecule has 1 saturated heterocycles. The summed E-state index contributed by atoms with van der Waals surface area (Å²) in [5, 5.41) is 9.21. The Labute approximate surface area is 271 Å². The standard InChI is InChI=1S/C36H33N5O3S2/c1-24-19-30(46(43,44)33-10-6-18-45-33)15-16-31(24)32-21-27-23-38-36(40-34(27)41(35(32)42)29-8-3-2-4-9-29)39-28-13-11-25(12-14-28)20-26-7-5-17-37-22-26/h2-4,6,8-16,18-19,21,23,26,37H,5,7,17,20,22H2,1H3,(H,38,39,40). The quantitative estimate of drug-likeness (QED) is 0.184. The molecule has 2 N–H and O–H groups in total. The number of anilines is 2. The third-order valence-corrected chi connectivity index (χ3v) is 11.6. The van der Waals surface area contributed by atoms with Crippen LogP contribution in [0.2, 0.25) is 0 Å². The molecule has 0 saturated carbocycles. The van der Waals surface area contributed by atoms with Crippen molar-refractivity contribution in [3.63, 3.8) is 0 Å². The zero-order valence-electron chi connectivity index (χ0n) is 25.3. The van der Waals surface area contributed by atoms with E-state index < -0.39 is 9.84 Å². The minimum Gasteiger partial charge on any atom is -0.324 e. The average Bonchev–Trinajstić information content (AvgIpc) is 3.63. The van der Waals surface area contributed by atoms with Crippen LogP contribution in [-0.2, 0) is 16.3 Å². The number of fused-ring (bicyclic) bond motifs is 1. The van der Waals surface area contributed by atoms with E-state index in [2.05, 4.69) is 27.8 Å². The molecular weight excluding hydrogens is 615 g/mol. The van der Waals surface area contributed by atoms with Crippen molar-refractivity contribution in [3.8, 4) is 16.8 Å². The third-order valence-electron chi connectivity index (χ3n) is 8.45. The number of pyridine rings is 1. The van der Waals surface area contributed by atoms with Gasteiger partial charge in [0, 0.05) is 22.8 Å². The molecule has 3 aromatic heterocycles. The van der Waals surface area contributed by atoms with Gasteiger partial charge in [-0.05, 0) is 116 Å². The van der Waals surface area contributed by atoms with E-state index in [4.69, 9.17) is 4.98 Å². The predicted molar refractivity (Wildman–Crippen MR) is 184 cm³/mol. The van der Waals surface area contributed by atoms with Crippen molar-refractivity contribution in [3.05, 3.63) is 124 Å². The number of benzene rings is 3. The molecule has 1 unspecified atom stereocenters. The summed E-state index contributed by atoms with van der Waals surface area (Å²) in [6.45, 7) is 4.00. The Hall–Kier alpha value is -4.64. The Morgan fingerprint density at radius 2 is 1.80 bits per heavy atom. The van der Waals surface area contributed by atoms with Crippen LogP contribution in [0, 0.1) is 12.8 Å². The predicted octanol–water partition coefficient (Wildman–Crippen LogP) is 6.94. The lowest BCUT2D eigenvalue weighted by Crippen LogP contribution is -2.30. The molecule has 0 aliphatic carbocycles. The first-order valence-corrected chi connectivity index (χ1v) is 17.7. The summed E-state index contributed by atoms with van der Waals surface area (Å²) in [4.78, 5) is 23.8. The van der Waals surface area contributed by atoms with Crippen LogP contribution in [0.3, 0.4) is 0 Å². The number of hydrogen-bond acceptors (Lipinski definition) is 8. The van der Waals surface area contributed by atoms with Gasteiger partial charge < -0.3 is 10.6 Å². The largest absolute Gasteiger partial charge is 0.324 e. The smallest absolute Gasteiger partial charge is 0.264 e. The van der Waals surface area contributed by atoms with Gasteiger partial charge in [-0.2, -0.15) is 4.98 Å². The van der Waals surface area contributed by atoms with Crippen molar-refractivity contribution < 1.29 is 8.42 Å². The number of nitrogens with zero attached hydrogens (tertiary/aromatic N) is 3. The molecule has 0 radical (unpaired) electrons. The fraction of sp³-hybridized carbons (Fsp3) is 0.194. The highest BCUT2D eigenvalue weighted by atomic mass is 32.2. The molecule has 0 amide bonds. The first kappa shape index (κ1) is 30.0. The van der Waals surface area contributed by atoms with Crippen LogP contribution in [0.4, 0.5) is 11.6 Å². The Bertz CT molecular complexity index is 2170. The van der Waals surface area contributed by atoms with Crippen LogP contribution >= 0.6 is 11.3 Å². The summed E-state index contributed by atoms with van der Waals surface area (Å²) in [7, 11) is -3.65. The summed E-state index contributed by atoms with van der Waals surface area (Å²) in [6.07, 6.45) is 5.25. The minimum atomic E-state index is -3.65. The molecule has 0 bridgehead atoms. The number of aromatic nitrogens is 3. The molecule has 1 aliphatic rings. The van der Waals surface area contributed by atoms with Gasteiger partial charge in [-0.1, -0.05) is 42.5 Å². The SMILES string of the molecule is Cc1cc(S(=O)(=O)c2cccs2)ccc1-c1cc2cnc(Nc3ccc(CC4CCCNC4)cc3)nc2n(-c2ccccc2)c1=O. The first-order chi connectivity index (χ1) is 22.4. The number of sulfone groups is 1. The van der Waals surface area contributed by atoms with Crippen LogP contribution in [0.1, 0.15) is 24.0 Å². The molecule has 7 rings (SSSR count). The van der Waals surface area contributed by atoms with Crippen molar-refractivity contribution in [2.24, 2.45) is 5.92 Å². The summed E-state index contributed by atoms with van der Waals surface area (Å²) in [5.74, 6) is 1.05. The number of thiophene rings is 1. The van der Waals surface area contributed by atoms with Gasteiger partial charge in [-0.25, -0.2) is 13.4 Å². The number of para-hydroxylation sites is 1. The van der Waals surface area contributed by atoms with Gasteiger partial charge in [0.15, 0.2) is 5.65 Å². The Balaban J connectivity index is 1.25. The second-order valence-corrected chi connectivity index (χ2v) is 14.8. The van der Waals surface area contributed by atoms with Gasteiger partial charge in [0.1, 0.15) is 4.21 Å². The normalized spacial score (nSPS) is 15.2. The second kappa shape index (κ2) is 12.6. The van der Waals surface area contributed by atoms with E-state index in [0.717, 1.165) is 25.2 Å². The second-order valence-electron chi connectivity index (χ2n) is 11.7. The molecule has 1 atom stereocenters. The third kappa shape index (κ3) is 5.99. The van der Waals surface area contributed by atoms with E-state index in [1.165, 1.54) is 29.7 Å². The topological polar surface area (TPSA) is 106 Å². The minimum absolute atomic E-state index is 0.193. The number of aryl methyl sites for hydroxylation is 1. The zero-order valence-corrected chi connectivity index (χ0v) is 26.9. The molecular formula is C36H33N5O3S2. The van der Waals surface area contributed by atoms with Gasteiger partial charge in [0.05, 0.1) is 10.6 Å². The molecule has 1 fully saturated rings. The van der Waals surface area contributed by atoms with Gasteiger partial charge in [0.2, 0.25) is 15.8 Å². The summed E-state index contributed by atoms with van der Waals surface area (Å²) in [5.41, 5.74) is 4.79. The van der Waals surface area contributed by atoms with Crippen LogP contribution < -0.4 is 16.2 Å². The van der Waals surface area contributed by atoms with E-state index in [1.54, 1.807) is 52.5 Å². The van der Waals surface area contributed by atoms with Crippen molar-refractivity contribution in [1.29, 1.82) is 0 Å².